The SMILES string of the molecule is COc1cccc(S(=O)(=O)N2CCC(Cc3ccc(C(=O)NC4CC4)cc3)CC2)c1. The van der Waals surface area contributed by atoms with Crippen LogP contribution < -0.4 is 10.1 Å². The van der Waals surface area contributed by atoms with Gasteiger partial charge in [-0.15, -0.1) is 0 Å². The summed E-state index contributed by atoms with van der Waals surface area (Å²) in [4.78, 5) is 12.4. The summed E-state index contributed by atoms with van der Waals surface area (Å²) in [7, 11) is -1.97. The third-order valence-corrected chi connectivity index (χ3v) is 7.80. The molecule has 6 nitrogen and oxygen atoms in total. The van der Waals surface area contributed by atoms with Crippen molar-refractivity contribution in [2.24, 2.45) is 5.92 Å². The Morgan fingerprint density at radius 1 is 1.07 bits per heavy atom. The first-order valence-electron chi connectivity index (χ1n) is 10.5. The van der Waals surface area contributed by atoms with Crippen molar-refractivity contribution in [3.63, 3.8) is 0 Å². The molecule has 0 spiro atoms. The highest BCUT2D eigenvalue weighted by atomic mass is 32.2. The van der Waals surface area contributed by atoms with E-state index in [1.165, 1.54) is 12.7 Å². The molecule has 1 amide bonds. The van der Waals surface area contributed by atoms with Gasteiger partial charge in [-0.05, 0) is 67.9 Å². The van der Waals surface area contributed by atoms with Gasteiger partial charge in [0.1, 0.15) is 5.75 Å². The second-order valence-electron chi connectivity index (χ2n) is 8.18. The van der Waals surface area contributed by atoms with Gasteiger partial charge < -0.3 is 10.1 Å². The van der Waals surface area contributed by atoms with E-state index in [4.69, 9.17) is 4.74 Å². The summed E-state index contributed by atoms with van der Waals surface area (Å²) in [5.74, 6) is 0.980. The van der Waals surface area contributed by atoms with Crippen molar-refractivity contribution in [1.29, 1.82) is 0 Å². The Bertz CT molecular complexity index is 992. The summed E-state index contributed by atoms with van der Waals surface area (Å²) in [5, 5.41) is 3.00. The standard InChI is InChI=1S/C23H28N2O4S/c1-29-21-3-2-4-22(16-21)30(27,28)25-13-11-18(12-14-25)15-17-5-7-19(8-6-17)23(26)24-20-9-10-20/h2-8,16,18,20H,9-15H2,1H3,(H,24,26). The van der Waals surface area contributed by atoms with Gasteiger partial charge in [0.25, 0.3) is 5.91 Å². The molecule has 1 saturated heterocycles. The maximum atomic E-state index is 12.9. The minimum Gasteiger partial charge on any atom is -0.497 e. The molecule has 1 heterocycles. The van der Waals surface area contributed by atoms with Crippen molar-refractivity contribution in [3.05, 3.63) is 59.7 Å². The van der Waals surface area contributed by atoms with Crippen LogP contribution in [-0.2, 0) is 16.4 Å². The normalized spacial score (nSPS) is 18.2. The van der Waals surface area contributed by atoms with Gasteiger partial charge in [0.15, 0.2) is 0 Å². The van der Waals surface area contributed by atoms with E-state index in [9.17, 15) is 13.2 Å². The summed E-state index contributed by atoms with van der Waals surface area (Å²) in [6.07, 6.45) is 4.71. The summed E-state index contributed by atoms with van der Waals surface area (Å²) in [5.41, 5.74) is 1.89. The van der Waals surface area contributed by atoms with E-state index >= 15 is 0 Å². The number of sulfonamides is 1. The summed E-state index contributed by atoms with van der Waals surface area (Å²) in [6.45, 7) is 1.04. The zero-order valence-electron chi connectivity index (χ0n) is 17.2. The maximum Gasteiger partial charge on any atom is 0.251 e. The Balaban J connectivity index is 1.32. The highest BCUT2D eigenvalue weighted by Gasteiger charge is 2.30. The zero-order chi connectivity index (χ0) is 21.1. The predicted molar refractivity (Wildman–Crippen MR) is 115 cm³/mol. The molecule has 7 heteroatoms. The van der Waals surface area contributed by atoms with Crippen LogP contribution in [0, 0.1) is 5.92 Å². The van der Waals surface area contributed by atoms with E-state index in [-0.39, 0.29) is 10.8 Å². The fraction of sp³-hybridized carbons (Fsp3) is 0.435. The Labute approximate surface area is 178 Å². The molecule has 160 valence electrons. The van der Waals surface area contributed by atoms with Crippen molar-refractivity contribution < 1.29 is 17.9 Å². The Hall–Kier alpha value is -2.38. The molecule has 30 heavy (non-hydrogen) atoms. The van der Waals surface area contributed by atoms with Crippen molar-refractivity contribution in [3.8, 4) is 5.75 Å². The minimum atomic E-state index is -3.50. The molecule has 0 radical (unpaired) electrons. The number of carbonyl (C=O) groups is 1. The number of amides is 1. The second kappa shape index (κ2) is 8.78. The molecule has 0 atom stereocenters. The first-order chi connectivity index (χ1) is 14.5. The molecule has 1 aliphatic heterocycles. The van der Waals surface area contributed by atoms with Gasteiger partial charge in [0, 0.05) is 30.8 Å². The van der Waals surface area contributed by atoms with E-state index < -0.39 is 10.0 Å². The smallest absolute Gasteiger partial charge is 0.251 e. The molecule has 2 aromatic rings. The number of hydrogen-bond donors (Lipinski definition) is 1. The van der Waals surface area contributed by atoms with Crippen molar-refractivity contribution >= 4 is 15.9 Å². The van der Waals surface area contributed by atoms with Crippen molar-refractivity contribution in [2.45, 2.75) is 43.0 Å². The third-order valence-electron chi connectivity index (χ3n) is 5.91. The van der Waals surface area contributed by atoms with Gasteiger partial charge in [-0.3, -0.25) is 4.79 Å². The van der Waals surface area contributed by atoms with Crippen LogP contribution in [0.3, 0.4) is 0 Å². The number of piperidine rings is 1. The molecule has 0 unspecified atom stereocenters. The molecule has 2 aliphatic rings. The molecule has 4 rings (SSSR count). The largest absolute Gasteiger partial charge is 0.497 e. The van der Waals surface area contributed by atoms with Gasteiger partial charge in [-0.2, -0.15) is 4.31 Å². The van der Waals surface area contributed by atoms with E-state index in [1.54, 1.807) is 28.6 Å². The van der Waals surface area contributed by atoms with Crippen LogP contribution in [0.2, 0.25) is 0 Å². The lowest BCUT2D eigenvalue weighted by atomic mass is 9.91. The monoisotopic (exact) mass is 428 g/mol. The van der Waals surface area contributed by atoms with Crippen LogP contribution in [-0.4, -0.2) is 44.9 Å². The molecule has 1 saturated carbocycles. The topological polar surface area (TPSA) is 75.7 Å². The number of hydrogen-bond acceptors (Lipinski definition) is 4. The quantitative estimate of drug-likeness (QED) is 0.735. The van der Waals surface area contributed by atoms with Crippen molar-refractivity contribution in [2.75, 3.05) is 20.2 Å². The molecule has 2 aromatic carbocycles. The average molecular weight is 429 g/mol. The van der Waals surface area contributed by atoms with Crippen LogP contribution in [0.15, 0.2) is 53.4 Å². The van der Waals surface area contributed by atoms with Crippen molar-refractivity contribution in [1.82, 2.24) is 9.62 Å². The van der Waals surface area contributed by atoms with Crippen LogP contribution >= 0.6 is 0 Å². The Morgan fingerprint density at radius 3 is 2.40 bits per heavy atom. The van der Waals surface area contributed by atoms with Gasteiger partial charge in [-0.25, -0.2) is 8.42 Å². The Kier molecular flexibility index (Phi) is 6.11. The van der Waals surface area contributed by atoms with E-state index in [2.05, 4.69) is 5.32 Å². The summed E-state index contributed by atoms with van der Waals surface area (Å²) >= 11 is 0. The molecular formula is C23H28N2O4S. The molecular weight excluding hydrogens is 400 g/mol. The van der Waals surface area contributed by atoms with E-state index in [1.807, 2.05) is 24.3 Å². The van der Waals surface area contributed by atoms with Crippen LogP contribution in [0.1, 0.15) is 41.6 Å². The van der Waals surface area contributed by atoms with Crippen LogP contribution in [0.5, 0.6) is 5.75 Å². The lowest BCUT2D eigenvalue weighted by Crippen LogP contribution is -2.38. The molecule has 2 fully saturated rings. The number of nitrogens with zero attached hydrogens (tertiary/aromatic N) is 1. The maximum absolute atomic E-state index is 12.9. The average Bonchev–Trinajstić information content (AvgIpc) is 3.58. The number of rotatable bonds is 7. The van der Waals surface area contributed by atoms with Gasteiger partial charge in [-0.1, -0.05) is 18.2 Å². The first kappa shape index (κ1) is 20.9. The lowest BCUT2D eigenvalue weighted by molar-refractivity contribution is 0.0951. The molecule has 1 aliphatic carbocycles. The third kappa shape index (κ3) is 4.84. The summed E-state index contributed by atoms with van der Waals surface area (Å²) < 4.78 is 32.6. The van der Waals surface area contributed by atoms with Gasteiger partial charge >= 0.3 is 0 Å². The van der Waals surface area contributed by atoms with E-state index in [0.717, 1.165) is 32.1 Å². The zero-order valence-corrected chi connectivity index (χ0v) is 18.0. The fourth-order valence-electron chi connectivity index (χ4n) is 3.89. The highest BCUT2D eigenvalue weighted by Crippen LogP contribution is 2.28. The number of benzene rings is 2. The second-order valence-corrected chi connectivity index (χ2v) is 10.1. The molecule has 0 bridgehead atoms. The number of methoxy groups -OCH3 is 1. The highest BCUT2D eigenvalue weighted by molar-refractivity contribution is 7.89. The number of nitrogens with one attached hydrogen (secondary N) is 1. The molecule has 1 N–H and O–H groups in total. The fourth-order valence-corrected chi connectivity index (χ4v) is 5.39. The number of carbonyl (C=O) groups excluding carboxylic acids is 1. The van der Waals surface area contributed by atoms with Gasteiger partial charge in [0.05, 0.1) is 12.0 Å². The van der Waals surface area contributed by atoms with E-state index in [0.29, 0.717) is 36.4 Å². The van der Waals surface area contributed by atoms with Crippen LogP contribution in [0.4, 0.5) is 0 Å². The van der Waals surface area contributed by atoms with Crippen LogP contribution in [0.25, 0.3) is 0 Å². The summed E-state index contributed by atoms with van der Waals surface area (Å²) in [6, 6.07) is 14.8. The molecule has 0 aromatic heterocycles. The lowest BCUT2D eigenvalue weighted by Gasteiger charge is -2.31. The van der Waals surface area contributed by atoms with Gasteiger partial charge in [0.2, 0.25) is 10.0 Å². The first-order valence-corrected chi connectivity index (χ1v) is 11.9. The Morgan fingerprint density at radius 2 is 1.77 bits per heavy atom. The predicted octanol–water partition coefficient (Wildman–Crippen LogP) is 3.23. The number of ether oxygens (including phenoxy) is 1. The minimum absolute atomic E-state index is 0.0000993.